The van der Waals surface area contributed by atoms with Gasteiger partial charge in [0.1, 0.15) is 5.75 Å². The molecule has 0 amide bonds. The van der Waals surface area contributed by atoms with Gasteiger partial charge in [-0.05, 0) is 31.9 Å². The zero-order valence-electron chi connectivity index (χ0n) is 15.8. The Morgan fingerprint density at radius 2 is 2.04 bits per heavy atom. The molecule has 0 saturated carbocycles. The summed E-state index contributed by atoms with van der Waals surface area (Å²) in [7, 11) is 0. The van der Waals surface area contributed by atoms with Crippen molar-refractivity contribution in [1.29, 1.82) is 0 Å². The lowest BCUT2D eigenvalue weighted by Gasteiger charge is -2.37. The van der Waals surface area contributed by atoms with Gasteiger partial charge in [-0.3, -0.25) is 4.90 Å². The first-order chi connectivity index (χ1) is 12.8. The number of nitrogens with zero attached hydrogens (tertiary/aromatic N) is 2. The molecule has 2 fully saturated rings. The van der Waals surface area contributed by atoms with Crippen LogP contribution in [0.4, 0.5) is 5.69 Å². The van der Waals surface area contributed by atoms with Gasteiger partial charge >= 0.3 is 0 Å². The Balaban J connectivity index is 1.38. The van der Waals surface area contributed by atoms with Gasteiger partial charge in [0.2, 0.25) is 0 Å². The van der Waals surface area contributed by atoms with E-state index < -0.39 is 6.10 Å². The van der Waals surface area contributed by atoms with Crippen molar-refractivity contribution in [2.24, 2.45) is 0 Å². The van der Waals surface area contributed by atoms with Gasteiger partial charge in [0, 0.05) is 39.3 Å². The average Bonchev–Trinajstić information content (AvgIpc) is 3.17. The second-order valence-electron chi connectivity index (χ2n) is 7.01. The molecule has 2 atom stereocenters. The maximum Gasteiger partial charge on any atom is 0.142 e. The molecule has 6 heteroatoms. The molecule has 6 nitrogen and oxygen atoms in total. The molecule has 2 saturated heterocycles. The highest BCUT2D eigenvalue weighted by Gasteiger charge is 2.22. The third kappa shape index (κ3) is 5.58. The Kier molecular flexibility index (Phi) is 7.55. The van der Waals surface area contributed by atoms with E-state index in [1.54, 1.807) is 0 Å². The third-order valence-corrected chi connectivity index (χ3v) is 4.98. The zero-order chi connectivity index (χ0) is 18.2. The summed E-state index contributed by atoms with van der Waals surface area (Å²) in [4.78, 5) is 4.67. The highest BCUT2D eigenvalue weighted by Crippen LogP contribution is 2.28. The minimum atomic E-state index is -0.446. The SMILES string of the molecule is CCOc1ccccc1N1CCN(CC(O)COCC2CCCO2)CC1. The summed E-state index contributed by atoms with van der Waals surface area (Å²) in [6, 6.07) is 8.21. The highest BCUT2D eigenvalue weighted by atomic mass is 16.5. The minimum absolute atomic E-state index is 0.219. The maximum absolute atomic E-state index is 10.2. The number of β-amino-alcohol motifs (C(OH)–C–C–N with tert-alkyl or cyclic N) is 1. The first kappa shape index (κ1) is 19.4. The van der Waals surface area contributed by atoms with Gasteiger partial charge in [0.05, 0.1) is 37.7 Å². The van der Waals surface area contributed by atoms with Gasteiger partial charge in [0.25, 0.3) is 0 Å². The van der Waals surface area contributed by atoms with Crippen molar-refractivity contribution in [2.45, 2.75) is 32.0 Å². The first-order valence-corrected chi connectivity index (χ1v) is 9.82. The Morgan fingerprint density at radius 3 is 2.77 bits per heavy atom. The monoisotopic (exact) mass is 364 g/mol. The summed E-state index contributed by atoms with van der Waals surface area (Å²) >= 11 is 0. The lowest BCUT2D eigenvalue weighted by Crippen LogP contribution is -2.49. The fourth-order valence-electron chi connectivity index (χ4n) is 3.63. The van der Waals surface area contributed by atoms with Crippen LogP contribution in [0.3, 0.4) is 0 Å². The van der Waals surface area contributed by atoms with Gasteiger partial charge in [-0.2, -0.15) is 0 Å². The molecule has 0 radical (unpaired) electrons. The summed E-state index contributed by atoms with van der Waals surface area (Å²) in [5.41, 5.74) is 1.16. The molecular weight excluding hydrogens is 332 g/mol. The number of aliphatic hydroxyl groups is 1. The van der Waals surface area contributed by atoms with Crippen LogP contribution in [0, 0.1) is 0 Å². The topological polar surface area (TPSA) is 54.4 Å². The van der Waals surface area contributed by atoms with Crippen LogP contribution in [-0.2, 0) is 9.47 Å². The standard InChI is InChI=1S/C20H32N2O4/c1-2-25-20-8-4-3-7-19(20)22-11-9-21(10-12-22)14-17(23)15-24-16-18-6-5-13-26-18/h3-4,7-8,17-18,23H,2,5-6,9-16H2,1H3. The molecule has 2 heterocycles. The second kappa shape index (κ2) is 10.1. The fraction of sp³-hybridized carbons (Fsp3) is 0.700. The van der Waals surface area contributed by atoms with E-state index in [9.17, 15) is 5.11 Å². The number of benzene rings is 1. The molecular formula is C20H32N2O4. The molecule has 26 heavy (non-hydrogen) atoms. The number of aliphatic hydroxyl groups excluding tert-OH is 1. The molecule has 0 aliphatic carbocycles. The van der Waals surface area contributed by atoms with Gasteiger partial charge < -0.3 is 24.2 Å². The van der Waals surface area contributed by atoms with E-state index in [1.807, 2.05) is 19.1 Å². The Hall–Kier alpha value is -1.34. The lowest BCUT2D eigenvalue weighted by atomic mass is 10.2. The van der Waals surface area contributed by atoms with Gasteiger partial charge in [-0.1, -0.05) is 12.1 Å². The van der Waals surface area contributed by atoms with Crippen molar-refractivity contribution < 1.29 is 19.3 Å². The second-order valence-corrected chi connectivity index (χ2v) is 7.01. The molecule has 1 aromatic rings. The van der Waals surface area contributed by atoms with E-state index in [0.717, 1.165) is 57.1 Å². The van der Waals surface area contributed by atoms with Crippen molar-refractivity contribution in [3.63, 3.8) is 0 Å². The van der Waals surface area contributed by atoms with Crippen LogP contribution in [0.5, 0.6) is 5.75 Å². The maximum atomic E-state index is 10.2. The van der Waals surface area contributed by atoms with Gasteiger partial charge in [-0.15, -0.1) is 0 Å². The summed E-state index contributed by atoms with van der Waals surface area (Å²) in [5.74, 6) is 0.950. The predicted molar refractivity (Wildman–Crippen MR) is 102 cm³/mol. The van der Waals surface area contributed by atoms with E-state index >= 15 is 0 Å². The van der Waals surface area contributed by atoms with Gasteiger partial charge in [-0.25, -0.2) is 0 Å². The van der Waals surface area contributed by atoms with E-state index in [1.165, 1.54) is 0 Å². The molecule has 0 spiro atoms. The quantitative estimate of drug-likeness (QED) is 0.721. The molecule has 3 rings (SSSR count). The first-order valence-electron chi connectivity index (χ1n) is 9.82. The fourth-order valence-corrected chi connectivity index (χ4v) is 3.63. The van der Waals surface area contributed by atoms with E-state index in [0.29, 0.717) is 26.4 Å². The van der Waals surface area contributed by atoms with Crippen LogP contribution < -0.4 is 9.64 Å². The molecule has 2 aliphatic rings. The van der Waals surface area contributed by atoms with Crippen LogP contribution in [-0.4, -0.2) is 81.4 Å². The summed E-state index contributed by atoms with van der Waals surface area (Å²) in [6.07, 6.45) is 1.96. The van der Waals surface area contributed by atoms with Crippen LogP contribution in [0.1, 0.15) is 19.8 Å². The van der Waals surface area contributed by atoms with Crippen LogP contribution in [0.15, 0.2) is 24.3 Å². The number of hydrogen-bond donors (Lipinski definition) is 1. The number of ether oxygens (including phenoxy) is 3. The molecule has 0 aromatic heterocycles. The molecule has 2 unspecified atom stereocenters. The molecule has 0 bridgehead atoms. The number of anilines is 1. The summed E-state index contributed by atoms with van der Waals surface area (Å²) < 4.78 is 16.9. The summed E-state index contributed by atoms with van der Waals surface area (Å²) in [5, 5.41) is 10.2. The van der Waals surface area contributed by atoms with E-state index in [-0.39, 0.29) is 6.10 Å². The van der Waals surface area contributed by atoms with Crippen molar-refractivity contribution >= 4 is 5.69 Å². The molecule has 1 aromatic carbocycles. The van der Waals surface area contributed by atoms with Gasteiger partial charge in [0.15, 0.2) is 0 Å². The average molecular weight is 364 g/mol. The number of hydrogen-bond acceptors (Lipinski definition) is 6. The lowest BCUT2D eigenvalue weighted by molar-refractivity contribution is -0.0254. The molecule has 1 N–H and O–H groups in total. The van der Waals surface area contributed by atoms with Crippen LogP contribution >= 0.6 is 0 Å². The van der Waals surface area contributed by atoms with Crippen molar-refractivity contribution in [2.75, 3.05) is 64.1 Å². The Bertz CT molecular complexity index is 528. The largest absolute Gasteiger partial charge is 0.492 e. The van der Waals surface area contributed by atoms with Crippen LogP contribution in [0.2, 0.25) is 0 Å². The van der Waals surface area contributed by atoms with Crippen molar-refractivity contribution in [3.05, 3.63) is 24.3 Å². The Labute approximate surface area is 156 Å². The number of rotatable bonds is 9. The Morgan fingerprint density at radius 1 is 1.23 bits per heavy atom. The smallest absolute Gasteiger partial charge is 0.142 e. The summed E-state index contributed by atoms with van der Waals surface area (Å²) in [6.45, 7) is 8.91. The third-order valence-electron chi connectivity index (χ3n) is 4.98. The van der Waals surface area contributed by atoms with Crippen molar-refractivity contribution in [1.82, 2.24) is 4.90 Å². The highest BCUT2D eigenvalue weighted by molar-refractivity contribution is 5.58. The number of para-hydroxylation sites is 2. The van der Waals surface area contributed by atoms with E-state index in [2.05, 4.69) is 21.9 Å². The normalized spacial score (nSPS) is 22.5. The minimum Gasteiger partial charge on any atom is -0.492 e. The molecule has 146 valence electrons. The van der Waals surface area contributed by atoms with Crippen molar-refractivity contribution in [3.8, 4) is 5.75 Å². The number of piperazine rings is 1. The van der Waals surface area contributed by atoms with Crippen LogP contribution in [0.25, 0.3) is 0 Å². The predicted octanol–water partition coefficient (Wildman–Crippen LogP) is 1.76. The zero-order valence-corrected chi connectivity index (χ0v) is 15.8. The van der Waals surface area contributed by atoms with E-state index in [4.69, 9.17) is 14.2 Å². The molecule has 2 aliphatic heterocycles.